The standard InChI is InChI=1S/C22H37N5OS.HI/c1-26(2)20(28)17-24-21(23-16-19-10-9-15-29-19)25-18-22(11-5-3-6-12-22)27-13-7-4-8-14-27;/h9-10,15H,3-8,11-14,16-18H2,1-2H3,(H2,23,24,25);1H. The van der Waals surface area contributed by atoms with Crippen LogP contribution in [0.5, 0.6) is 0 Å². The summed E-state index contributed by atoms with van der Waals surface area (Å²) in [6.45, 7) is 4.24. The summed E-state index contributed by atoms with van der Waals surface area (Å²) in [7, 11) is 3.55. The number of carbonyl (C=O) groups is 1. The average Bonchev–Trinajstić information content (AvgIpc) is 3.28. The molecule has 30 heavy (non-hydrogen) atoms. The number of aliphatic imine (C=N–C) groups is 1. The molecule has 6 nitrogen and oxygen atoms in total. The highest BCUT2D eigenvalue weighted by Crippen LogP contribution is 2.35. The number of guanidine groups is 1. The molecule has 2 N–H and O–H groups in total. The monoisotopic (exact) mass is 547 g/mol. The van der Waals surface area contributed by atoms with Crippen LogP contribution in [0.25, 0.3) is 0 Å². The van der Waals surface area contributed by atoms with E-state index in [0.717, 1.165) is 19.0 Å². The SMILES string of the molecule is CN(C)C(=O)CN=C(NCc1cccs1)NCC1(N2CCCCC2)CCCCC1.I. The summed E-state index contributed by atoms with van der Waals surface area (Å²) in [4.78, 5) is 22.2. The van der Waals surface area contributed by atoms with E-state index in [9.17, 15) is 4.79 Å². The first-order valence-electron chi connectivity index (χ1n) is 11.1. The largest absolute Gasteiger partial charge is 0.355 e. The lowest BCUT2D eigenvalue weighted by Gasteiger charge is -2.48. The minimum absolute atomic E-state index is 0. The fourth-order valence-corrected chi connectivity index (χ4v) is 5.12. The Morgan fingerprint density at radius 2 is 1.83 bits per heavy atom. The van der Waals surface area contributed by atoms with Gasteiger partial charge in [-0.1, -0.05) is 31.7 Å². The number of carbonyl (C=O) groups excluding carboxylic acids is 1. The van der Waals surface area contributed by atoms with Gasteiger partial charge in [0, 0.05) is 31.1 Å². The number of thiophene rings is 1. The van der Waals surface area contributed by atoms with E-state index in [-0.39, 0.29) is 42.0 Å². The van der Waals surface area contributed by atoms with E-state index in [2.05, 4.69) is 38.0 Å². The third-order valence-electron chi connectivity index (χ3n) is 6.28. The highest BCUT2D eigenvalue weighted by atomic mass is 127. The number of nitrogens with one attached hydrogen (secondary N) is 2. The van der Waals surface area contributed by atoms with Crippen LogP contribution in [0.15, 0.2) is 22.5 Å². The van der Waals surface area contributed by atoms with Gasteiger partial charge >= 0.3 is 0 Å². The minimum atomic E-state index is 0. The second-order valence-corrected chi connectivity index (χ2v) is 9.60. The lowest BCUT2D eigenvalue weighted by atomic mass is 9.79. The van der Waals surface area contributed by atoms with Crippen molar-refractivity contribution in [2.45, 2.75) is 63.5 Å². The fraction of sp³-hybridized carbons (Fsp3) is 0.727. The molecule has 0 unspecified atom stereocenters. The molecule has 1 aromatic rings. The van der Waals surface area contributed by atoms with Gasteiger partial charge in [-0.15, -0.1) is 35.3 Å². The van der Waals surface area contributed by atoms with Crippen molar-refractivity contribution in [2.24, 2.45) is 4.99 Å². The van der Waals surface area contributed by atoms with Gasteiger partial charge in [0.25, 0.3) is 0 Å². The van der Waals surface area contributed by atoms with E-state index in [1.165, 1.54) is 69.3 Å². The Hall–Kier alpha value is -0.870. The van der Waals surface area contributed by atoms with Gasteiger partial charge in [0.15, 0.2) is 5.96 Å². The summed E-state index contributed by atoms with van der Waals surface area (Å²) < 4.78 is 0. The molecule has 8 heteroatoms. The second kappa shape index (κ2) is 12.9. The molecule has 1 aliphatic carbocycles. The van der Waals surface area contributed by atoms with Crippen molar-refractivity contribution in [3.05, 3.63) is 22.4 Å². The molecular weight excluding hydrogens is 509 g/mol. The molecule has 0 spiro atoms. The molecule has 170 valence electrons. The lowest BCUT2D eigenvalue weighted by Crippen LogP contribution is -2.59. The molecule has 3 rings (SSSR count). The van der Waals surface area contributed by atoms with E-state index in [1.54, 1.807) is 30.3 Å². The third-order valence-corrected chi connectivity index (χ3v) is 7.15. The van der Waals surface area contributed by atoms with Gasteiger partial charge in [0.2, 0.25) is 5.91 Å². The van der Waals surface area contributed by atoms with Gasteiger partial charge in [-0.25, -0.2) is 4.99 Å². The average molecular weight is 548 g/mol. The Bertz CT molecular complexity index is 652. The highest BCUT2D eigenvalue weighted by Gasteiger charge is 2.38. The summed E-state index contributed by atoms with van der Waals surface area (Å²) in [5.74, 6) is 0.765. The molecule has 1 saturated heterocycles. The smallest absolute Gasteiger partial charge is 0.243 e. The first kappa shape index (κ1) is 25.4. The van der Waals surface area contributed by atoms with E-state index >= 15 is 0 Å². The van der Waals surface area contributed by atoms with Crippen LogP contribution in [0.2, 0.25) is 0 Å². The predicted molar refractivity (Wildman–Crippen MR) is 137 cm³/mol. The Kier molecular flexibility index (Phi) is 10.9. The number of amides is 1. The number of hydrogen-bond acceptors (Lipinski definition) is 4. The first-order valence-corrected chi connectivity index (χ1v) is 12.0. The number of halogens is 1. The summed E-state index contributed by atoms with van der Waals surface area (Å²) in [6, 6.07) is 4.19. The molecule has 1 saturated carbocycles. The molecular formula is C22H38IN5OS. The summed E-state index contributed by atoms with van der Waals surface area (Å²) in [5.41, 5.74) is 0.232. The zero-order chi connectivity index (χ0) is 20.5. The van der Waals surface area contributed by atoms with Crippen molar-refractivity contribution in [3.63, 3.8) is 0 Å². The molecule has 2 fully saturated rings. The van der Waals surface area contributed by atoms with Crippen molar-refractivity contribution in [3.8, 4) is 0 Å². The van der Waals surface area contributed by atoms with Gasteiger partial charge in [-0.05, 0) is 50.2 Å². The van der Waals surface area contributed by atoms with Crippen LogP contribution in [-0.2, 0) is 11.3 Å². The van der Waals surface area contributed by atoms with Crippen molar-refractivity contribution >= 4 is 47.2 Å². The number of hydrogen-bond donors (Lipinski definition) is 2. The maximum absolute atomic E-state index is 12.1. The fourth-order valence-electron chi connectivity index (χ4n) is 4.48. The number of likely N-dealkylation sites (N-methyl/N-ethyl adjacent to an activating group) is 1. The van der Waals surface area contributed by atoms with Crippen molar-refractivity contribution in [1.29, 1.82) is 0 Å². The topological polar surface area (TPSA) is 60.0 Å². The molecule has 0 radical (unpaired) electrons. The third kappa shape index (κ3) is 7.37. The molecule has 2 aliphatic rings. The molecule has 1 aromatic heterocycles. The quantitative estimate of drug-likeness (QED) is 0.311. The first-order chi connectivity index (χ1) is 14.1. The van der Waals surface area contributed by atoms with E-state index < -0.39 is 0 Å². The van der Waals surface area contributed by atoms with Crippen LogP contribution in [0.3, 0.4) is 0 Å². The summed E-state index contributed by atoms with van der Waals surface area (Å²) in [5, 5.41) is 9.14. The molecule has 0 aromatic carbocycles. The Morgan fingerprint density at radius 1 is 1.13 bits per heavy atom. The van der Waals surface area contributed by atoms with E-state index in [1.807, 2.05) is 0 Å². The van der Waals surface area contributed by atoms with Gasteiger partial charge in [-0.2, -0.15) is 0 Å². The second-order valence-electron chi connectivity index (χ2n) is 8.57. The van der Waals surface area contributed by atoms with E-state index in [0.29, 0.717) is 0 Å². The van der Waals surface area contributed by atoms with Gasteiger partial charge in [0.1, 0.15) is 6.54 Å². The Morgan fingerprint density at radius 3 is 2.47 bits per heavy atom. The van der Waals surface area contributed by atoms with Gasteiger partial charge in [-0.3, -0.25) is 9.69 Å². The normalized spacial score (nSPS) is 19.6. The Labute approximate surface area is 202 Å². The maximum atomic E-state index is 12.1. The van der Waals surface area contributed by atoms with Crippen molar-refractivity contribution in [1.82, 2.24) is 20.4 Å². The summed E-state index contributed by atoms with van der Waals surface area (Å²) >= 11 is 1.73. The van der Waals surface area contributed by atoms with Crippen LogP contribution < -0.4 is 10.6 Å². The van der Waals surface area contributed by atoms with Crippen molar-refractivity contribution in [2.75, 3.05) is 40.3 Å². The van der Waals surface area contributed by atoms with Crippen LogP contribution >= 0.6 is 35.3 Å². The van der Waals surface area contributed by atoms with Crippen molar-refractivity contribution < 1.29 is 4.79 Å². The molecule has 2 heterocycles. The molecule has 1 aliphatic heterocycles. The van der Waals surface area contributed by atoms with Gasteiger partial charge in [0.05, 0.1) is 6.54 Å². The maximum Gasteiger partial charge on any atom is 0.243 e. The minimum Gasteiger partial charge on any atom is -0.355 e. The molecule has 0 atom stereocenters. The van der Waals surface area contributed by atoms with Crippen LogP contribution in [0.1, 0.15) is 56.2 Å². The highest BCUT2D eigenvalue weighted by molar-refractivity contribution is 14.0. The van der Waals surface area contributed by atoms with Crippen LogP contribution in [0.4, 0.5) is 0 Å². The van der Waals surface area contributed by atoms with Crippen LogP contribution in [0, 0.1) is 0 Å². The number of piperidine rings is 1. The molecule has 0 bridgehead atoms. The zero-order valence-electron chi connectivity index (χ0n) is 18.5. The summed E-state index contributed by atoms with van der Waals surface area (Å²) in [6.07, 6.45) is 10.5. The number of likely N-dealkylation sites (tertiary alicyclic amines) is 1. The molecule has 1 amide bonds. The van der Waals surface area contributed by atoms with E-state index in [4.69, 9.17) is 0 Å². The predicted octanol–water partition coefficient (Wildman–Crippen LogP) is 3.68. The lowest BCUT2D eigenvalue weighted by molar-refractivity contribution is -0.127. The Balaban J connectivity index is 0.00000320. The number of rotatable bonds is 7. The van der Waals surface area contributed by atoms with Gasteiger partial charge < -0.3 is 15.5 Å². The van der Waals surface area contributed by atoms with Crippen LogP contribution in [-0.4, -0.2) is 67.5 Å². The zero-order valence-corrected chi connectivity index (χ0v) is 21.6. The number of nitrogens with zero attached hydrogens (tertiary/aromatic N) is 3.